The molecule has 4 aromatic rings. The summed E-state index contributed by atoms with van der Waals surface area (Å²) in [6.45, 7) is 7.70. The first-order chi connectivity index (χ1) is 16.9. The molecule has 0 radical (unpaired) electrons. The van der Waals surface area contributed by atoms with Gasteiger partial charge in [-0.05, 0) is 55.4 Å². The Morgan fingerprint density at radius 3 is 2.46 bits per heavy atom. The van der Waals surface area contributed by atoms with Crippen molar-refractivity contribution in [3.63, 3.8) is 0 Å². The maximum absolute atomic E-state index is 13.9. The van der Waals surface area contributed by atoms with E-state index in [9.17, 15) is 4.79 Å². The molecule has 1 aliphatic carbocycles. The van der Waals surface area contributed by atoms with Crippen LogP contribution in [0.4, 0.5) is 0 Å². The van der Waals surface area contributed by atoms with E-state index in [2.05, 4.69) is 35.5 Å². The number of amides is 1. The Kier molecular flexibility index (Phi) is 6.61. The van der Waals surface area contributed by atoms with Crippen LogP contribution in [0.5, 0.6) is 0 Å². The summed E-state index contributed by atoms with van der Waals surface area (Å²) in [5.74, 6) is 1.57. The molecular formula is C29H31ClN4O. The van der Waals surface area contributed by atoms with Gasteiger partial charge in [0.25, 0.3) is 5.91 Å². The number of imidazole rings is 1. The standard InChI is InChI=1S/C29H31ClN4O/c1-19(2)26(33(17-22-11-12-22)29(35)23-13-9-20(3)10-14-23)28-32-25-24(30)15-16-31-27(25)34(28)18-21-7-5-4-6-8-21/h4-10,13-16,19,22,26H,11-12,17-18H2,1-3H3. The van der Waals surface area contributed by atoms with Gasteiger partial charge in [-0.2, -0.15) is 0 Å². The molecule has 1 unspecified atom stereocenters. The summed E-state index contributed by atoms with van der Waals surface area (Å²) in [5.41, 5.74) is 4.43. The van der Waals surface area contributed by atoms with Gasteiger partial charge in [0.15, 0.2) is 5.65 Å². The fourth-order valence-corrected chi connectivity index (χ4v) is 4.90. The van der Waals surface area contributed by atoms with E-state index in [1.165, 1.54) is 0 Å². The molecule has 0 N–H and O–H groups in total. The van der Waals surface area contributed by atoms with Crippen LogP contribution in [0.2, 0.25) is 5.02 Å². The Morgan fingerprint density at radius 2 is 1.80 bits per heavy atom. The van der Waals surface area contributed by atoms with Gasteiger partial charge in [0.2, 0.25) is 0 Å². The molecule has 0 bridgehead atoms. The number of rotatable bonds is 8. The van der Waals surface area contributed by atoms with Gasteiger partial charge in [0.05, 0.1) is 17.6 Å². The number of carbonyl (C=O) groups is 1. The predicted octanol–water partition coefficient (Wildman–Crippen LogP) is 6.69. The Hall–Kier alpha value is -3.18. The minimum atomic E-state index is -0.210. The number of aromatic nitrogens is 3. The molecule has 2 heterocycles. The summed E-state index contributed by atoms with van der Waals surface area (Å²) in [6, 6.07) is 19.7. The van der Waals surface area contributed by atoms with Crippen molar-refractivity contribution in [1.29, 1.82) is 0 Å². The molecule has 2 aromatic carbocycles. The maximum atomic E-state index is 13.9. The van der Waals surface area contributed by atoms with Gasteiger partial charge in [-0.3, -0.25) is 4.79 Å². The molecule has 5 rings (SSSR count). The molecule has 1 fully saturated rings. The molecule has 0 spiro atoms. The zero-order chi connectivity index (χ0) is 24.5. The molecule has 1 saturated carbocycles. The third-order valence-electron chi connectivity index (χ3n) is 6.74. The van der Waals surface area contributed by atoms with E-state index < -0.39 is 0 Å². The second-order valence-corrected chi connectivity index (χ2v) is 10.4. The van der Waals surface area contributed by atoms with Crippen molar-refractivity contribution in [3.05, 3.63) is 94.4 Å². The van der Waals surface area contributed by atoms with Crippen LogP contribution in [0.3, 0.4) is 0 Å². The van der Waals surface area contributed by atoms with Crippen LogP contribution in [0.15, 0.2) is 66.9 Å². The highest BCUT2D eigenvalue weighted by Gasteiger charge is 2.37. The highest BCUT2D eigenvalue weighted by atomic mass is 35.5. The number of hydrogen-bond donors (Lipinski definition) is 0. The first-order valence-corrected chi connectivity index (χ1v) is 12.7. The van der Waals surface area contributed by atoms with E-state index in [0.717, 1.165) is 42.0 Å². The lowest BCUT2D eigenvalue weighted by Crippen LogP contribution is -2.40. The molecule has 5 nitrogen and oxygen atoms in total. The van der Waals surface area contributed by atoms with Gasteiger partial charge in [0.1, 0.15) is 11.3 Å². The monoisotopic (exact) mass is 486 g/mol. The van der Waals surface area contributed by atoms with E-state index in [-0.39, 0.29) is 17.9 Å². The fourth-order valence-electron chi connectivity index (χ4n) is 4.71. The smallest absolute Gasteiger partial charge is 0.254 e. The van der Waals surface area contributed by atoms with Crippen molar-refractivity contribution in [2.45, 2.75) is 46.2 Å². The Balaban J connectivity index is 1.64. The van der Waals surface area contributed by atoms with Crippen LogP contribution in [0, 0.1) is 18.8 Å². The number of carbonyl (C=O) groups excluding carboxylic acids is 1. The van der Waals surface area contributed by atoms with E-state index in [1.54, 1.807) is 12.3 Å². The van der Waals surface area contributed by atoms with Crippen LogP contribution in [-0.2, 0) is 6.54 Å². The van der Waals surface area contributed by atoms with Gasteiger partial charge >= 0.3 is 0 Å². The number of fused-ring (bicyclic) bond motifs is 1. The Bertz CT molecular complexity index is 1330. The van der Waals surface area contributed by atoms with Crippen molar-refractivity contribution in [1.82, 2.24) is 19.4 Å². The molecule has 0 saturated heterocycles. The third kappa shape index (κ3) is 4.96. The summed E-state index contributed by atoms with van der Waals surface area (Å²) in [7, 11) is 0. The molecule has 35 heavy (non-hydrogen) atoms. The zero-order valence-corrected chi connectivity index (χ0v) is 21.2. The SMILES string of the molecule is Cc1ccc(C(=O)N(CC2CC2)C(c2nc3c(Cl)ccnc3n2Cc2ccccc2)C(C)C)cc1. The molecular weight excluding hydrogens is 456 g/mol. The summed E-state index contributed by atoms with van der Waals surface area (Å²) in [5, 5.41) is 0.573. The molecule has 1 atom stereocenters. The largest absolute Gasteiger partial charge is 0.328 e. The normalized spacial score (nSPS) is 14.4. The lowest BCUT2D eigenvalue weighted by molar-refractivity contribution is 0.0593. The molecule has 1 amide bonds. The van der Waals surface area contributed by atoms with Gasteiger partial charge in [0, 0.05) is 18.3 Å². The van der Waals surface area contributed by atoms with Gasteiger partial charge in [-0.15, -0.1) is 0 Å². The number of halogens is 1. The number of nitrogens with zero attached hydrogens (tertiary/aromatic N) is 4. The molecule has 180 valence electrons. The lowest BCUT2D eigenvalue weighted by Gasteiger charge is -2.35. The topological polar surface area (TPSA) is 51.0 Å². The summed E-state index contributed by atoms with van der Waals surface area (Å²) in [6.07, 6.45) is 4.05. The predicted molar refractivity (Wildman–Crippen MR) is 141 cm³/mol. The van der Waals surface area contributed by atoms with Crippen molar-refractivity contribution in [3.8, 4) is 0 Å². The zero-order valence-electron chi connectivity index (χ0n) is 20.5. The molecule has 1 aliphatic rings. The third-order valence-corrected chi connectivity index (χ3v) is 7.05. The number of aryl methyl sites for hydroxylation is 1. The van der Waals surface area contributed by atoms with E-state index in [4.69, 9.17) is 16.6 Å². The fraction of sp³-hybridized carbons (Fsp3) is 0.345. The number of pyridine rings is 1. The second-order valence-electron chi connectivity index (χ2n) is 9.96. The average molecular weight is 487 g/mol. The van der Waals surface area contributed by atoms with Crippen molar-refractivity contribution < 1.29 is 4.79 Å². The van der Waals surface area contributed by atoms with Crippen LogP contribution in [0.1, 0.15) is 60.0 Å². The van der Waals surface area contributed by atoms with Gasteiger partial charge in [-0.1, -0.05) is 73.5 Å². The lowest BCUT2D eigenvalue weighted by atomic mass is 9.99. The summed E-state index contributed by atoms with van der Waals surface area (Å²) in [4.78, 5) is 25.7. The summed E-state index contributed by atoms with van der Waals surface area (Å²) >= 11 is 6.58. The first kappa shape index (κ1) is 23.6. The number of hydrogen-bond acceptors (Lipinski definition) is 3. The quantitative estimate of drug-likeness (QED) is 0.278. The van der Waals surface area contributed by atoms with Crippen molar-refractivity contribution in [2.24, 2.45) is 11.8 Å². The Morgan fingerprint density at radius 1 is 1.09 bits per heavy atom. The van der Waals surface area contributed by atoms with Crippen LogP contribution >= 0.6 is 11.6 Å². The van der Waals surface area contributed by atoms with Crippen molar-refractivity contribution in [2.75, 3.05) is 6.54 Å². The maximum Gasteiger partial charge on any atom is 0.254 e. The highest BCUT2D eigenvalue weighted by molar-refractivity contribution is 6.34. The second kappa shape index (κ2) is 9.82. The van der Waals surface area contributed by atoms with Crippen molar-refractivity contribution >= 4 is 28.7 Å². The van der Waals surface area contributed by atoms with Crippen LogP contribution < -0.4 is 0 Å². The van der Waals surface area contributed by atoms with Gasteiger partial charge in [-0.25, -0.2) is 9.97 Å². The van der Waals surface area contributed by atoms with E-state index in [0.29, 0.717) is 28.6 Å². The van der Waals surface area contributed by atoms with Gasteiger partial charge < -0.3 is 9.47 Å². The highest BCUT2D eigenvalue weighted by Crippen LogP contribution is 2.38. The summed E-state index contributed by atoms with van der Waals surface area (Å²) < 4.78 is 2.14. The minimum absolute atomic E-state index is 0.0490. The molecule has 6 heteroatoms. The first-order valence-electron chi connectivity index (χ1n) is 12.3. The van der Waals surface area contributed by atoms with Crippen LogP contribution in [0.25, 0.3) is 11.2 Å². The van der Waals surface area contributed by atoms with E-state index in [1.807, 2.05) is 54.3 Å². The van der Waals surface area contributed by atoms with Crippen LogP contribution in [-0.4, -0.2) is 31.9 Å². The Labute approximate surface area is 211 Å². The molecule has 2 aromatic heterocycles. The average Bonchev–Trinajstić information content (AvgIpc) is 3.60. The van der Waals surface area contributed by atoms with E-state index >= 15 is 0 Å². The molecule has 0 aliphatic heterocycles. The minimum Gasteiger partial charge on any atom is -0.328 e. The number of benzene rings is 2.